The summed E-state index contributed by atoms with van der Waals surface area (Å²) in [6, 6.07) is 17.2. The number of rotatable bonds is 4. The summed E-state index contributed by atoms with van der Waals surface area (Å²) in [6.45, 7) is -0.0247. The standard InChI is InChI=1S/C18H13N3O2S2/c22-16(10-21-14-8-4-5-9-15(14)25-18(21)23)20-17-19-13(11-24-17)12-6-2-1-3-7-12/h1-9,11H,10H2,(H,19,20,22). The second-order valence-electron chi connectivity index (χ2n) is 5.37. The average molecular weight is 367 g/mol. The molecule has 0 saturated heterocycles. The first kappa shape index (κ1) is 15.7. The molecule has 2 aromatic carbocycles. The number of para-hydroxylation sites is 1. The van der Waals surface area contributed by atoms with E-state index in [2.05, 4.69) is 10.3 Å². The van der Waals surface area contributed by atoms with Crippen molar-refractivity contribution in [2.75, 3.05) is 5.32 Å². The van der Waals surface area contributed by atoms with Gasteiger partial charge >= 0.3 is 4.87 Å². The van der Waals surface area contributed by atoms with Crippen molar-refractivity contribution in [3.8, 4) is 11.3 Å². The van der Waals surface area contributed by atoms with Gasteiger partial charge in [-0.15, -0.1) is 11.3 Å². The van der Waals surface area contributed by atoms with Gasteiger partial charge in [-0.1, -0.05) is 53.8 Å². The third-order valence-electron chi connectivity index (χ3n) is 3.70. The number of hydrogen-bond donors (Lipinski definition) is 1. The van der Waals surface area contributed by atoms with Crippen molar-refractivity contribution in [2.24, 2.45) is 0 Å². The number of benzene rings is 2. The monoisotopic (exact) mass is 367 g/mol. The highest BCUT2D eigenvalue weighted by molar-refractivity contribution is 7.16. The van der Waals surface area contributed by atoms with Gasteiger partial charge in [0, 0.05) is 10.9 Å². The number of nitrogens with one attached hydrogen (secondary N) is 1. The summed E-state index contributed by atoms with van der Waals surface area (Å²) in [6.07, 6.45) is 0. The SMILES string of the molecule is O=C(Cn1c(=O)sc2ccccc21)Nc1nc(-c2ccccc2)cs1. The lowest BCUT2D eigenvalue weighted by Gasteiger charge is -2.03. The fraction of sp³-hybridized carbons (Fsp3) is 0.0556. The fourth-order valence-corrected chi connectivity index (χ4v) is 4.17. The summed E-state index contributed by atoms with van der Waals surface area (Å²) in [5, 5.41) is 5.20. The van der Waals surface area contributed by atoms with Crippen molar-refractivity contribution in [1.29, 1.82) is 0 Å². The van der Waals surface area contributed by atoms with Crippen molar-refractivity contribution in [2.45, 2.75) is 6.54 Å². The minimum absolute atomic E-state index is 0.0247. The largest absolute Gasteiger partial charge is 0.308 e. The molecule has 0 bridgehead atoms. The molecule has 0 saturated carbocycles. The summed E-state index contributed by atoms with van der Waals surface area (Å²) in [7, 11) is 0. The zero-order valence-electron chi connectivity index (χ0n) is 13.0. The number of aromatic nitrogens is 2. The van der Waals surface area contributed by atoms with Gasteiger partial charge in [-0.25, -0.2) is 4.98 Å². The third-order valence-corrected chi connectivity index (χ3v) is 5.41. The van der Waals surface area contributed by atoms with E-state index in [-0.39, 0.29) is 17.3 Å². The van der Waals surface area contributed by atoms with E-state index >= 15 is 0 Å². The van der Waals surface area contributed by atoms with E-state index in [1.165, 1.54) is 15.9 Å². The highest BCUT2D eigenvalue weighted by Crippen LogP contribution is 2.24. The number of carbonyl (C=O) groups excluding carboxylic acids is 1. The lowest BCUT2D eigenvalue weighted by Crippen LogP contribution is -2.24. The zero-order valence-corrected chi connectivity index (χ0v) is 14.6. The summed E-state index contributed by atoms with van der Waals surface area (Å²) in [5.41, 5.74) is 2.59. The Morgan fingerprint density at radius 3 is 2.68 bits per heavy atom. The third kappa shape index (κ3) is 3.24. The maximum atomic E-state index is 12.3. The lowest BCUT2D eigenvalue weighted by molar-refractivity contribution is -0.116. The van der Waals surface area contributed by atoms with Crippen LogP contribution in [0.4, 0.5) is 5.13 Å². The van der Waals surface area contributed by atoms with E-state index in [1.807, 2.05) is 60.0 Å². The van der Waals surface area contributed by atoms with Crippen LogP contribution in [-0.2, 0) is 11.3 Å². The topological polar surface area (TPSA) is 64.0 Å². The first-order valence-corrected chi connectivity index (χ1v) is 9.29. The van der Waals surface area contributed by atoms with Crippen LogP contribution < -0.4 is 10.2 Å². The van der Waals surface area contributed by atoms with Gasteiger partial charge in [0.2, 0.25) is 5.91 Å². The Balaban J connectivity index is 1.52. The Bertz CT molecular complexity index is 1100. The summed E-state index contributed by atoms with van der Waals surface area (Å²) in [5.74, 6) is -0.264. The number of amides is 1. The van der Waals surface area contributed by atoms with Gasteiger partial charge in [0.25, 0.3) is 0 Å². The molecular weight excluding hydrogens is 354 g/mol. The smallest absolute Gasteiger partial charge is 0.300 e. The van der Waals surface area contributed by atoms with Crippen LogP contribution in [0.2, 0.25) is 0 Å². The van der Waals surface area contributed by atoms with Gasteiger partial charge in [0.1, 0.15) is 6.54 Å². The summed E-state index contributed by atoms with van der Waals surface area (Å²) >= 11 is 2.51. The molecule has 25 heavy (non-hydrogen) atoms. The highest BCUT2D eigenvalue weighted by Gasteiger charge is 2.12. The van der Waals surface area contributed by atoms with Crippen molar-refractivity contribution >= 4 is 43.9 Å². The number of nitrogens with zero attached hydrogens (tertiary/aromatic N) is 2. The molecule has 1 amide bonds. The number of fused-ring (bicyclic) bond motifs is 1. The lowest BCUT2D eigenvalue weighted by atomic mass is 10.2. The van der Waals surface area contributed by atoms with Crippen molar-refractivity contribution in [3.63, 3.8) is 0 Å². The Morgan fingerprint density at radius 2 is 1.84 bits per heavy atom. The predicted molar refractivity (Wildman–Crippen MR) is 102 cm³/mol. The first-order valence-electron chi connectivity index (χ1n) is 7.60. The second kappa shape index (κ2) is 6.62. The number of anilines is 1. The molecule has 0 atom stereocenters. The molecule has 124 valence electrons. The molecule has 4 rings (SSSR count). The van der Waals surface area contributed by atoms with Crippen LogP contribution in [-0.4, -0.2) is 15.5 Å². The van der Waals surface area contributed by atoms with Crippen LogP contribution in [0.25, 0.3) is 21.5 Å². The van der Waals surface area contributed by atoms with E-state index < -0.39 is 0 Å². The van der Waals surface area contributed by atoms with Gasteiger partial charge in [-0.3, -0.25) is 14.2 Å². The highest BCUT2D eigenvalue weighted by atomic mass is 32.1. The van der Waals surface area contributed by atoms with Gasteiger partial charge in [0.05, 0.1) is 15.9 Å². The van der Waals surface area contributed by atoms with Crippen molar-refractivity contribution in [1.82, 2.24) is 9.55 Å². The van der Waals surface area contributed by atoms with Gasteiger partial charge in [0.15, 0.2) is 5.13 Å². The minimum atomic E-state index is -0.264. The molecule has 0 aliphatic rings. The Labute approximate surface area is 151 Å². The van der Waals surface area contributed by atoms with Gasteiger partial charge in [-0.2, -0.15) is 0 Å². The molecule has 0 aliphatic carbocycles. The summed E-state index contributed by atoms with van der Waals surface area (Å²) < 4.78 is 2.36. The molecule has 0 fully saturated rings. The van der Waals surface area contributed by atoms with Crippen LogP contribution in [0.1, 0.15) is 0 Å². The Kier molecular flexibility index (Phi) is 4.17. The van der Waals surface area contributed by atoms with E-state index in [1.54, 1.807) is 0 Å². The quantitative estimate of drug-likeness (QED) is 0.596. The number of carbonyl (C=O) groups is 1. The Morgan fingerprint density at radius 1 is 1.08 bits per heavy atom. The first-order chi connectivity index (χ1) is 12.2. The minimum Gasteiger partial charge on any atom is -0.300 e. The Hall–Kier alpha value is -2.77. The molecule has 1 N–H and O–H groups in total. The maximum Gasteiger partial charge on any atom is 0.308 e. The molecule has 7 heteroatoms. The molecule has 0 unspecified atom stereocenters. The molecular formula is C18H13N3O2S2. The summed E-state index contributed by atoms with van der Waals surface area (Å²) in [4.78, 5) is 28.7. The van der Waals surface area contributed by atoms with E-state index in [0.717, 1.165) is 32.8 Å². The average Bonchev–Trinajstić information content (AvgIpc) is 3.21. The number of thiazole rings is 2. The molecule has 2 aromatic heterocycles. The molecule has 5 nitrogen and oxygen atoms in total. The van der Waals surface area contributed by atoms with Crippen molar-refractivity contribution in [3.05, 3.63) is 69.6 Å². The normalized spacial score (nSPS) is 10.9. The van der Waals surface area contributed by atoms with Crippen LogP contribution in [0.3, 0.4) is 0 Å². The van der Waals surface area contributed by atoms with Crippen LogP contribution >= 0.6 is 22.7 Å². The van der Waals surface area contributed by atoms with E-state index in [0.29, 0.717) is 5.13 Å². The van der Waals surface area contributed by atoms with Crippen LogP contribution in [0, 0.1) is 0 Å². The van der Waals surface area contributed by atoms with Crippen LogP contribution in [0.15, 0.2) is 64.8 Å². The van der Waals surface area contributed by atoms with Gasteiger partial charge in [-0.05, 0) is 12.1 Å². The molecule has 4 aromatic rings. The van der Waals surface area contributed by atoms with E-state index in [4.69, 9.17) is 0 Å². The number of hydrogen-bond acceptors (Lipinski definition) is 5. The second-order valence-corrected chi connectivity index (χ2v) is 7.23. The fourth-order valence-electron chi connectivity index (χ4n) is 2.54. The molecule has 0 spiro atoms. The molecule has 2 heterocycles. The van der Waals surface area contributed by atoms with E-state index in [9.17, 15) is 9.59 Å². The van der Waals surface area contributed by atoms with Crippen molar-refractivity contribution < 1.29 is 4.79 Å². The van der Waals surface area contributed by atoms with Gasteiger partial charge < -0.3 is 5.32 Å². The maximum absolute atomic E-state index is 12.3. The molecule has 0 aliphatic heterocycles. The zero-order chi connectivity index (χ0) is 17.2. The predicted octanol–water partition coefficient (Wildman–Crippen LogP) is 3.83. The molecule has 0 radical (unpaired) electrons. The van der Waals surface area contributed by atoms with Crippen LogP contribution in [0.5, 0.6) is 0 Å².